The number of nitrogens with zero attached hydrogens (tertiary/aromatic N) is 2. The first-order valence-corrected chi connectivity index (χ1v) is 8.70. The van der Waals surface area contributed by atoms with Crippen molar-refractivity contribution in [3.8, 4) is 0 Å². The van der Waals surface area contributed by atoms with Crippen LogP contribution in [0.1, 0.15) is 40.1 Å². The second-order valence-electron chi connectivity index (χ2n) is 7.28. The van der Waals surface area contributed by atoms with Crippen molar-refractivity contribution in [3.05, 3.63) is 71.3 Å². The average molecular weight is 348 g/mol. The van der Waals surface area contributed by atoms with Gasteiger partial charge >= 0.3 is 0 Å². The van der Waals surface area contributed by atoms with Gasteiger partial charge in [0.25, 0.3) is 11.8 Å². The van der Waals surface area contributed by atoms with Crippen LogP contribution in [0.4, 0.5) is 0 Å². The van der Waals surface area contributed by atoms with E-state index in [9.17, 15) is 9.59 Å². The lowest BCUT2D eigenvalue weighted by Crippen LogP contribution is -2.46. The fraction of sp³-hybridized carbons (Fsp3) is 0.286. The fourth-order valence-corrected chi connectivity index (χ4v) is 3.40. The quantitative estimate of drug-likeness (QED) is 0.798. The molecule has 0 fully saturated rings. The number of hydrogen-bond donors (Lipinski definition) is 0. The first kappa shape index (κ1) is 16.5. The number of rotatable bonds is 4. The molecule has 1 unspecified atom stereocenters. The molecule has 5 nitrogen and oxygen atoms in total. The molecule has 132 valence electrons. The minimum absolute atomic E-state index is 0.289. The third-order valence-electron chi connectivity index (χ3n) is 4.68. The zero-order valence-electron chi connectivity index (χ0n) is 14.8. The number of fused-ring (bicyclic) bond motifs is 1. The van der Waals surface area contributed by atoms with Crippen molar-refractivity contribution in [1.29, 1.82) is 0 Å². The van der Waals surface area contributed by atoms with E-state index in [2.05, 4.69) is 4.99 Å². The third kappa shape index (κ3) is 2.79. The van der Waals surface area contributed by atoms with Crippen LogP contribution in [0.15, 0.2) is 59.6 Å². The van der Waals surface area contributed by atoms with Crippen molar-refractivity contribution >= 4 is 17.7 Å². The smallest absolute Gasteiger partial charge is 0.262 e. The number of hydrogen-bond acceptors (Lipinski definition) is 4. The molecule has 5 heteroatoms. The molecule has 2 aliphatic rings. The van der Waals surface area contributed by atoms with Gasteiger partial charge in [-0.3, -0.25) is 14.5 Å². The monoisotopic (exact) mass is 348 g/mol. The summed E-state index contributed by atoms with van der Waals surface area (Å²) in [7, 11) is 0. The first-order chi connectivity index (χ1) is 12.5. The minimum Gasteiger partial charge on any atom is -0.477 e. The summed E-state index contributed by atoms with van der Waals surface area (Å²) in [4.78, 5) is 31.8. The van der Waals surface area contributed by atoms with Crippen LogP contribution in [0.5, 0.6) is 0 Å². The summed E-state index contributed by atoms with van der Waals surface area (Å²) in [5, 5.41) is 0. The molecule has 0 bridgehead atoms. The predicted molar refractivity (Wildman–Crippen MR) is 98.3 cm³/mol. The van der Waals surface area contributed by atoms with Gasteiger partial charge in [0.05, 0.1) is 16.7 Å². The second-order valence-corrected chi connectivity index (χ2v) is 7.28. The molecule has 0 saturated heterocycles. The maximum absolute atomic E-state index is 13.0. The van der Waals surface area contributed by atoms with Crippen molar-refractivity contribution in [1.82, 2.24) is 4.90 Å². The molecule has 0 spiro atoms. The van der Waals surface area contributed by atoms with E-state index < -0.39 is 6.04 Å². The SMILES string of the molecule is CC1(C)COC(C(Cc2ccccc2)N2C(=O)c3ccccc3C2=O)=N1. The summed E-state index contributed by atoms with van der Waals surface area (Å²) in [6, 6.07) is 16.1. The summed E-state index contributed by atoms with van der Waals surface area (Å²) < 4.78 is 5.81. The Kier molecular flexibility index (Phi) is 3.87. The standard InChI is InChI=1S/C21H20N2O3/c1-21(2)13-26-18(22-21)17(12-14-8-4-3-5-9-14)23-19(24)15-10-6-7-11-16(15)20(23)25/h3-11,17H,12-13H2,1-2H3. The predicted octanol–water partition coefficient (Wildman–Crippen LogP) is 3.10. The number of amides is 2. The molecule has 2 heterocycles. The Hall–Kier alpha value is -2.95. The van der Waals surface area contributed by atoms with Crippen LogP contribution >= 0.6 is 0 Å². The molecular formula is C21H20N2O3. The lowest BCUT2D eigenvalue weighted by Gasteiger charge is -2.25. The van der Waals surface area contributed by atoms with Gasteiger partial charge in [0.1, 0.15) is 12.6 Å². The summed E-state index contributed by atoms with van der Waals surface area (Å²) in [6.07, 6.45) is 0.473. The topological polar surface area (TPSA) is 59.0 Å². The van der Waals surface area contributed by atoms with E-state index in [0.717, 1.165) is 5.56 Å². The molecule has 0 aliphatic carbocycles. The van der Waals surface area contributed by atoms with Crippen LogP contribution in [0.3, 0.4) is 0 Å². The maximum Gasteiger partial charge on any atom is 0.262 e. The largest absolute Gasteiger partial charge is 0.477 e. The molecule has 0 saturated carbocycles. The highest BCUT2D eigenvalue weighted by atomic mass is 16.5. The number of benzene rings is 2. The number of carbonyl (C=O) groups is 2. The average Bonchev–Trinajstić information content (AvgIpc) is 3.12. The van der Waals surface area contributed by atoms with Crippen molar-refractivity contribution in [2.45, 2.75) is 31.8 Å². The van der Waals surface area contributed by atoms with Crippen LogP contribution in [0, 0.1) is 0 Å². The highest BCUT2D eigenvalue weighted by Crippen LogP contribution is 2.29. The lowest BCUT2D eigenvalue weighted by atomic mass is 10.0. The van der Waals surface area contributed by atoms with Crippen LogP contribution in [-0.4, -0.2) is 40.8 Å². The highest BCUT2D eigenvalue weighted by Gasteiger charge is 2.44. The van der Waals surface area contributed by atoms with Crippen LogP contribution in [-0.2, 0) is 11.2 Å². The van der Waals surface area contributed by atoms with E-state index >= 15 is 0 Å². The Labute approximate surface area is 152 Å². The number of imide groups is 1. The fourth-order valence-electron chi connectivity index (χ4n) is 3.40. The van der Waals surface area contributed by atoms with Crippen LogP contribution in [0.2, 0.25) is 0 Å². The first-order valence-electron chi connectivity index (χ1n) is 8.70. The molecule has 2 aromatic rings. The third-order valence-corrected chi connectivity index (χ3v) is 4.68. The van der Waals surface area contributed by atoms with Crippen molar-refractivity contribution in [2.24, 2.45) is 4.99 Å². The Balaban J connectivity index is 1.74. The molecule has 26 heavy (non-hydrogen) atoms. The molecule has 2 aliphatic heterocycles. The van der Waals surface area contributed by atoms with Crippen molar-refractivity contribution < 1.29 is 14.3 Å². The number of carbonyl (C=O) groups excluding carboxylic acids is 2. The second kappa shape index (κ2) is 6.09. The van der Waals surface area contributed by atoms with E-state index in [1.807, 2.05) is 44.2 Å². The zero-order chi connectivity index (χ0) is 18.3. The van der Waals surface area contributed by atoms with E-state index in [4.69, 9.17) is 4.74 Å². The molecule has 2 amide bonds. The van der Waals surface area contributed by atoms with Gasteiger partial charge in [-0.15, -0.1) is 0 Å². The van der Waals surface area contributed by atoms with Crippen molar-refractivity contribution in [3.63, 3.8) is 0 Å². The highest BCUT2D eigenvalue weighted by molar-refractivity contribution is 6.22. The Morgan fingerprint density at radius 2 is 1.58 bits per heavy atom. The van der Waals surface area contributed by atoms with Gasteiger partial charge in [0.15, 0.2) is 0 Å². The molecule has 4 rings (SSSR count). The van der Waals surface area contributed by atoms with E-state index in [-0.39, 0.29) is 17.4 Å². The van der Waals surface area contributed by atoms with Gasteiger partial charge in [-0.05, 0) is 31.5 Å². The minimum atomic E-state index is -0.549. The molecule has 2 aromatic carbocycles. The van der Waals surface area contributed by atoms with Gasteiger partial charge < -0.3 is 4.74 Å². The van der Waals surface area contributed by atoms with Gasteiger partial charge in [0, 0.05) is 6.42 Å². The van der Waals surface area contributed by atoms with Crippen LogP contribution < -0.4 is 0 Å². The summed E-state index contributed by atoms with van der Waals surface area (Å²) >= 11 is 0. The maximum atomic E-state index is 13.0. The summed E-state index contributed by atoms with van der Waals surface area (Å²) in [5.41, 5.74) is 1.54. The molecule has 0 aromatic heterocycles. The molecule has 0 N–H and O–H groups in total. The zero-order valence-corrected chi connectivity index (χ0v) is 14.8. The van der Waals surface area contributed by atoms with Gasteiger partial charge in [0.2, 0.25) is 5.90 Å². The molecule has 1 atom stereocenters. The van der Waals surface area contributed by atoms with Crippen molar-refractivity contribution in [2.75, 3.05) is 6.61 Å². The van der Waals surface area contributed by atoms with E-state index in [1.165, 1.54) is 4.90 Å². The van der Waals surface area contributed by atoms with E-state index in [0.29, 0.717) is 30.1 Å². The summed E-state index contributed by atoms with van der Waals surface area (Å²) in [5.74, 6) is -0.126. The Morgan fingerprint density at radius 3 is 2.12 bits per heavy atom. The Morgan fingerprint density at radius 1 is 1.00 bits per heavy atom. The number of ether oxygens (including phenoxy) is 1. The normalized spacial score (nSPS) is 19.2. The lowest BCUT2D eigenvalue weighted by molar-refractivity contribution is 0.0611. The van der Waals surface area contributed by atoms with E-state index in [1.54, 1.807) is 24.3 Å². The summed E-state index contributed by atoms with van der Waals surface area (Å²) in [6.45, 7) is 4.39. The van der Waals surface area contributed by atoms with Gasteiger partial charge in [-0.25, -0.2) is 4.99 Å². The molecule has 0 radical (unpaired) electrons. The van der Waals surface area contributed by atoms with Gasteiger partial charge in [-0.2, -0.15) is 0 Å². The van der Waals surface area contributed by atoms with Gasteiger partial charge in [-0.1, -0.05) is 42.5 Å². The molecular weight excluding hydrogens is 328 g/mol. The number of aliphatic imine (C=N–C) groups is 1. The Bertz CT molecular complexity index is 867. The van der Waals surface area contributed by atoms with Crippen LogP contribution in [0.25, 0.3) is 0 Å².